The van der Waals surface area contributed by atoms with Crippen molar-refractivity contribution in [3.05, 3.63) is 57.2 Å². The summed E-state index contributed by atoms with van der Waals surface area (Å²) in [6, 6.07) is 12.1. The van der Waals surface area contributed by atoms with Gasteiger partial charge in [0, 0.05) is 15.8 Å². The van der Waals surface area contributed by atoms with Gasteiger partial charge in [0.15, 0.2) is 6.61 Å². The lowest BCUT2D eigenvalue weighted by molar-refractivity contribution is -0.118. The average molecular weight is 478 g/mol. The van der Waals surface area contributed by atoms with Crippen LogP contribution in [0.5, 0.6) is 5.75 Å². The van der Waals surface area contributed by atoms with E-state index in [1.807, 2.05) is 26.0 Å². The van der Waals surface area contributed by atoms with Crippen LogP contribution in [0.4, 0.5) is 5.69 Å². The molecule has 0 unspecified atom stereocenters. The predicted molar refractivity (Wildman–Crippen MR) is 110 cm³/mol. The van der Waals surface area contributed by atoms with Gasteiger partial charge in [0.05, 0.1) is 11.1 Å². The van der Waals surface area contributed by atoms with Crippen molar-refractivity contribution in [3.8, 4) is 5.75 Å². The van der Waals surface area contributed by atoms with Gasteiger partial charge in [0.25, 0.3) is 17.7 Å². The van der Waals surface area contributed by atoms with Crippen LogP contribution in [0.25, 0.3) is 0 Å². The summed E-state index contributed by atoms with van der Waals surface area (Å²) in [4.78, 5) is 38.2. The third-order valence-corrected chi connectivity index (χ3v) is 4.70. The fraction of sp³-hybridized carbons (Fsp3) is 0.250. The number of halogens is 1. The molecule has 0 fully saturated rings. The summed E-state index contributed by atoms with van der Waals surface area (Å²) in [5, 5.41) is 2.70. The molecule has 2 aromatic rings. The lowest BCUT2D eigenvalue weighted by Crippen LogP contribution is -2.33. The summed E-state index contributed by atoms with van der Waals surface area (Å²) >= 11 is 2.19. The highest BCUT2D eigenvalue weighted by Crippen LogP contribution is 2.26. The Kier molecular flexibility index (Phi) is 5.79. The van der Waals surface area contributed by atoms with Crippen LogP contribution in [0.2, 0.25) is 0 Å². The number of anilines is 1. The number of nitrogens with one attached hydrogen (secondary N) is 1. The summed E-state index contributed by atoms with van der Waals surface area (Å²) in [6.07, 6.45) is 0. The molecule has 7 heteroatoms. The summed E-state index contributed by atoms with van der Waals surface area (Å²) in [6.45, 7) is 4.12. The molecule has 1 aliphatic rings. The van der Waals surface area contributed by atoms with Crippen molar-refractivity contribution < 1.29 is 19.1 Å². The molecule has 0 bridgehead atoms. The minimum atomic E-state index is -0.343. The van der Waals surface area contributed by atoms with Crippen LogP contribution in [-0.2, 0) is 4.79 Å². The SMILES string of the molecule is CC(C)CN1C(=O)c2ccc(NC(=O)COc3ccc(I)cc3)cc2C1=O. The number of ether oxygens (including phenoxy) is 1. The van der Waals surface area contributed by atoms with Crippen LogP contribution >= 0.6 is 22.6 Å². The van der Waals surface area contributed by atoms with E-state index in [9.17, 15) is 14.4 Å². The number of hydrogen-bond donors (Lipinski definition) is 1. The average Bonchev–Trinajstić information content (AvgIpc) is 2.85. The minimum Gasteiger partial charge on any atom is -0.484 e. The van der Waals surface area contributed by atoms with Gasteiger partial charge in [-0.1, -0.05) is 13.8 Å². The van der Waals surface area contributed by atoms with Gasteiger partial charge in [0.2, 0.25) is 0 Å². The van der Waals surface area contributed by atoms with Gasteiger partial charge >= 0.3 is 0 Å². The van der Waals surface area contributed by atoms with E-state index in [0.717, 1.165) is 3.57 Å². The number of amides is 3. The third kappa shape index (κ3) is 4.47. The largest absolute Gasteiger partial charge is 0.484 e. The first kappa shape index (κ1) is 19.3. The molecule has 0 aromatic heterocycles. The summed E-state index contributed by atoms with van der Waals surface area (Å²) in [7, 11) is 0. The van der Waals surface area contributed by atoms with E-state index in [0.29, 0.717) is 29.1 Å². The number of nitrogens with zero attached hydrogens (tertiary/aromatic N) is 1. The number of rotatable bonds is 6. The molecule has 2 aromatic carbocycles. The second-order valence-electron chi connectivity index (χ2n) is 6.67. The molecule has 1 aliphatic heterocycles. The van der Waals surface area contributed by atoms with Gasteiger partial charge in [-0.3, -0.25) is 19.3 Å². The number of carbonyl (C=O) groups excluding carboxylic acids is 3. The monoisotopic (exact) mass is 478 g/mol. The summed E-state index contributed by atoms with van der Waals surface area (Å²) in [5.41, 5.74) is 1.14. The maximum atomic E-state index is 12.5. The van der Waals surface area contributed by atoms with Crippen molar-refractivity contribution >= 4 is 46.0 Å². The fourth-order valence-electron chi connectivity index (χ4n) is 2.78. The van der Waals surface area contributed by atoms with Crippen molar-refractivity contribution in [2.45, 2.75) is 13.8 Å². The van der Waals surface area contributed by atoms with E-state index >= 15 is 0 Å². The second kappa shape index (κ2) is 8.08. The molecule has 0 atom stereocenters. The van der Waals surface area contributed by atoms with Crippen LogP contribution < -0.4 is 10.1 Å². The standard InChI is InChI=1S/C20H19IN2O4/c1-12(2)10-23-19(25)16-8-5-14(9-17(16)20(23)26)22-18(24)11-27-15-6-3-13(21)4-7-15/h3-9,12H,10-11H2,1-2H3,(H,22,24). The molecule has 0 spiro atoms. The van der Waals surface area contributed by atoms with E-state index in [-0.39, 0.29) is 30.2 Å². The Labute approximate surface area is 171 Å². The topological polar surface area (TPSA) is 75.7 Å². The number of fused-ring (bicyclic) bond motifs is 1. The zero-order valence-corrected chi connectivity index (χ0v) is 17.1. The van der Waals surface area contributed by atoms with E-state index in [2.05, 4.69) is 27.9 Å². The highest BCUT2D eigenvalue weighted by molar-refractivity contribution is 14.1. The zero-order chi connectivity index (χ0) is 19.6. The van der Waals surface area contributed by atoms with Crippen LogP contribution in [0, 0.1) is 9.49 Å². The molecule has 27 heavy (non-hydrogen) atoms. The lowest BCUT2D eigenvalue weighted by atomic mass is 10.1. The first-order chi connectivity index (χ1) is 12.8. The number of carbonyl (C=O) groups is 3. The van der Waals surface area contributed by atoms with Crippen LogP contribution in [0.1, 0.15) is 34.6 Å². The molecule has 140 valence electrons. The maximum absolute atomic E-state index is 12.5. The van der Waals surface area contributed by atoms with Crippen molar-refractivity contribution in [1.29, 1.82) is 0 Å². The first-order valence-corrected chi connectivity index (χ1v) is 9.61. The maximum Gasteiger partial charge on any atom is 0.262 e. The molecule has 0 saturated carbocycles. The summed E-state index contributed by atoms with van der Waals surface area (Å²) < 4.78 is 6.52. The number of hydrogen-bond acceptors (Lipinski definition) is 4. The van der Waals surface area contributed by atoms with E-state index in [1.54, 1.807) is 30.3 Å². The van der Waals surface area contributed by atoms with Crippen LogP contribution in [0.3, 0.4) is 0 Å². The molecule has 0 radical (unpaired) electrons. The Hall–Kier alpha value is -2.42. The molecule has 0 saturated heterocycles. The molecule has 0 aliphatic carbocycles. The van der Waals surface area contributed by atoms with Crippen molar-refractivity contribution in [2.75, 3.05) is 18.5 Å². The Bertz CT molecular complexity index is 893. The molecular weight excluding hydrogens is 459 g/mol. The van der Waals surface area contributed by atoms with Gasteiger partial charge in [0.1, 0.15) is 5.75 Å². The molecule has 1 N–H and O–H groups in total. The summed E-state index contributed by atoms with van der Waals surface area (Å²) in [5.74, 6) is -0.169. The molecule has 6 nitrogen and oxygen atoms in total. The second-order valence-corrected chi connectivity index (χ2v) is 7.91. The molecule has 3 rings (SSSR count). The molecule has 3 amide bonds. The Morgan fingerprint density at radius 1 is 1.07 bits per heavy atom. The quantitative estimate of drug-likeness (QED) is 0.509. The highest BCUT2D eigenvalue weighted by Gasteiger charge is 2.35. The van der Waals surface area contributed by atoms with Gasteiger partial charge < -0.3 is 10.1 Å². The van der Waals surface area contributed by atoms with Crippen LogP contribution in [0.15, 0.2) is 42.5 Å². The van der Waals surface area contributed by atoms with Crippen LogP contribution in [-0.4, -0.2) is 35.8 Å². The van der Waals surface area contributed by atoms with Gasteiger partial charge in [-0.05, 0) is 71.0 Å². The number of benzene rings is 2. The molecular formula is C20H19IN2O4. The van der Waals surface area contributed by atoms with Gasteiger partial charge in [-0.2, -0.15) is 0 Å². The fourth-order valence-corrected chi connectivity index (χ4v) is 3.14. The third-order valence-electron chi connectivity index (χ3n) is 3.99. The Balaban J connectivity index is 1.65. The number of imide groups is 1. The van der Waals surface area contributed by atoms with Gasteiger partial charge in [-0.15, -0.1) is 0 Å². The van der Waals surface area contributed by atoms with Crippen molar-refractivity contribution in [1.82, 2.24) is 4.90 Å². The molecule has 1 heterocycles. The van der Waals surface area contributed by atoms with Crippen molar-refractivity contribution in [3.63, 3.8) is 0 Å². The van der Waals surface area contributed by atoms with Crippen molar-refractivity contribution in [2.24, 2.45) is 5.92 Å². The van der Waals surface area contributed by atoms with E-state index in [4.69, 9.17) is 4.74 Å². The van der Waals surface area contributed by atoms with E-state index in [1.165, 1.54) is 4.90 Å². The normalized spacial score (nSPS) is 13.1. The predicted octanol–water partition coefficient (Wildman–Crippen LogP) is 3.56. The Morgan fingerprint density at radius 3 is 2.41 bits per heavy atom. The Morgan fingerprint density at radius 2 is 1.74 bits per heavy atom. The smallest absolute Gasteiger partial charge is 0.262 e. The van der Waals surface area contributed by atoms with Gasteiger partial charge in [-0.25, -0.2) is 0 Å². The zero-order valence-electron chi connectivity index (χ0n) is 15.0. The minimum absolute atomic E-state index is 0.149. The van der Waals surface area contributed by atoms with E-state index < -0.39 is 0 Å². The highest BCUT2D eigenvalue weighted by atomic mass is 127. The first-order valence-electron chi connectivity index (χ1n) is 8.53. The lowest BCUT2D eigenvalue weighted by Gasteiger charge is -2.15.